The predicted molar refractivity (Wildman–Crippen MR) is 88.9 cm³/mol. The number of esters is 1. The molecule has 0 aliphatic heterocycles. The zero-order valence-electron chi connectivity index (χ0n) is 13.0. The summed E-state index contributed by atoms with van der Waals surface area (Å²) in [5, 5.41) is 3.34. The lowest BCUT2D eigenvalue weighted by molar-refractivity contribution is 0.0500. The highest BCUT2D eigenvalue weighted by Crippen LogP contribution is 2.07. The minimum atomic E-state index is -0.238. The lowest BCUT2D eigenvalue weighted by atomic mass is 10.1. The maximum absolute atomic E-state index is 11.9. The third-order valence-electron chi connectivity index (χ3n) is 3.47. The van der Waals surface area contributed by atoms with Gasteiger partial charge >= 0.3 is 5.97 Å². The van der Waals surface area contributed by atoms with E-state index >= 15 is 0 Å². The van der Waals surface area contributed by atoms with Gasteiger partial charge in [-0.25, -0.2) is 4.79 Å². The molecule has 0 aliphatic rings. The highest BCUT2D eigenvalue weighted by molar-refractivity contribution is 5.89. The molecular weight excluding hydrogens is 274 g/mol. The molecule has 0 spiro atoms. The molecule has 0 amide bonds. The highest BCUT2D eigenvalue weighted by Gasteiger charge is 2.06. The van der Waals surface area contributed by atoms with Gasteiger partial charge in [0.15, 0.2) is 0 Å². The average molecular weight is 297 g/mol. The molecule has 0 fully saturated rings. The van der Waals surface area contributed by atoms with E-state index in [1.54, 1.807) is 6.07 Å². The number of hydrogen-bond acceptors (Lipinski definition) is 3. The fourth-order valence-corrected chi connectivity index (χ4v) is 2.19. The highest BCUT2D eigenvalue weighted by atomic mass is 16.5. The van der Waals surface area contributed by atoms with Crippen molar-refractivity contribution in [2.45, 2.75) is 26.3 Å². The summed E-state index contributed by atoms with van der Waals surface area (Å²) in [6.07, 6.45) is 1.73. The Kier molecular flexibility index (Phi) is 6.65. The number of carbonyl (C=O) groups excluding carboxylic acids is 1. The molecule has 0 unspecified atom stereocenters. The zero-order valence-corrected chi connectivity index (χ0v) is 13.0. The predicted octanol–water partition coefficient (Wildman–Crippen LogP) is 3.59. The van der Waals surface area contributed by atoms with Crippen LogP contribution in [0.25, 0.3) is 0 Å². The third kappa shape index (κ3) is 5.34. The second-order valence-electron chi connectivity index (χ2n) is 5.21. The fraction of sp³-hybridized carbons (Fsp3) is 0.316. The van der Waals surface area contributed by atoms with Crippen molar-refractivity contribution in [3.63, 3.8) is 0 Å². The molecule has 2 aromatic rings. The quantitative estimate of drug-likeness (QED) is 0.598. The van der Waals surface area contributed by atoms with Crippen LogP contribution in [0.2, 0.25) is 0 Å². The van der Waals surface area contributed by atoms with Gasteiger partial charge < -0.3 is 10.1 Å². The second-order valence-corrected chi connectivity index (χ2v) is 5.21. The molecule has 0 aromatic heterocycles. The van der Waals surface area contributed by atoms with Crippen LogP contribution in [0.4, 0.5) is 0 Å². The van der Waals surface area contributed by atoms with Crippen LogP contribution in [0.15, 0.2) is 54.6 Å². The number of nitrogens with one attached hydrogen (secondary N) is 1. The Hall–Kier alpha value is -2.13. The van der Waals surface area contributed by atoms with E-state index in [9.17, 15) is 4.79 Å². The van der Waals surface area contributed by atoms with Crippen molar-refractivity contribution in [3.8, 4) is 0 Å². The molecule has 0 saturated carbocycles. The van der Waals surface area contributed by atoms with Crippen molar-refractivity contribution < 1.29 is 9.53 Å². The van der Waals surface area contributed by atoms with E-state index in [4.69, 9.17) is 4.74 Å². The van der Waals surface area contributed by atoms with Gasteiger partial charge in [0.1, 0.15) is 0 Å². The van der Waals surface area contributed by atoms with Gasteiger partial charge in [0.25, 0.3) is 0 Å². The number of benzene rings is 2. The molecule has 2 rings (SSSR count). The van der Waals surface area contributed by atoms with Crippen LogP contribution in [0, 0.1) is 0 Å². The van der Waals surface area contributed by atoms with Gasteiger partial charge in [-0.3, -0.25) is 0 Å². The molecule has 0 atom stereocenters. The molecule has 116 valence electrons. The Labute approximate surface area is 132 Å². The molecule has 3 heteroatoms. The molecule has 0 heterocycles. The minimum Gasteiger partial charge on any atom is -0.462 e. The van der Waals surface area contributed by atoms with Crippen LogP contribution in [0.3, 0.4) is 0 Å². The molecule has 3 nitrogen and oxygen atoms in total. The Morgan fingerprint density at radius 3 is 2.59 bits per heavy atom. The summed E-state index contributed by atoms with van der Waals surface area (Å²) in [5.74, 6) is -0.238. The lowest BCUT2D eigenvalue weighted by Crippen LogP contribution is -2.17. The van der Waals surface area contributed by atoms with E-state index in [2.05, 4.69) is 24.4 Å². The molecular formula is C19H23NO2. The Morgan fingerprint density at radius 1 is 1.05 bits per heavy atom. The molecule has 0 radical (unpaired) electrons. The first-order chi connectivity index (χ1) is 10.8. The Morgan fingerprint density at radius 2 is 1.82 bits per heavy atom. The van der Waals surface area contributed by atoms with Crippen molar-refractivity contribution in [3.05, 3.63) is 71.3 Å². The summed E-state index contributed by atoms with van der Waals surface area (Å²) in [6.45, 7) is 4.18. The molecule has 2 aromatic carbocycles. The first-order valence-electron chi connectivity index (χ1n) is 7.80. The zero-order chi connectivity index (χ0) is 15.6. The van der Waals surface area contributed by atoms with Crippen LogP contribution in [0.5, 0.6) is 0 Å². The summed E-state index contributed by atoms with van der Waals surface area (Å²) in [7, 11) is 0. The molecule has 0 saturated heterocycles. The van der Waals surface area contributed by atoms with Crippen molar-refractivity contribution in [2.24, 2.45) is 0 Å². The van der Waals surface area contributed by atoms with Gasteiger partial charge in [-0.15, -0.1) is 0 Å². The number of hydrogen-bond donors (Lipinski definition) is 1. The summed E-state index contributed by atoms with van der Waals surface area (Å²) in [4.78, 5) is 11.9. The van der Waals surface area contributed by atoms with Gasteiger partial charge in [-0.05, 0) is 42.6 Å². The van der Waals surface area contributed by atoms with Gasteiger partial charge in [0, 0.05) is 6.54 Å². The van der Waals surface area contributed by atoms with Gasteiger partial charge in [-0.2, -0.15) is 0 Å². The molecule has 22 heavy (non-hydrogen) atoms. The summed E-state index contributed by atoms with van der Waals surface area (Å²) in [6, 6.07) is 17.9. The van der Waals surface area contributed by atoms with Crippen LogP contribution < -0.4 is 5.32 Å². The van der Waals surface area contributed by atoms with E-state index in [1.807, 2.05) is 36.4 Å². The van der Waals surface area contributed by atoms with Crippen molar-refractivity contribution in [1.82, 2.24) is 5.32 Å². The summed E-state index contributed by atoms with van der Waals surface area (Å²) in [5.41, 5.74) is 3.05. The maximum Gasteiger partial charge on any atom is 0.338 e. The largest absolute Gasteiger partial charge is 0.462 e. The smallest absolute Gasteiger partial charge is 0.338 e. The average Bonchev–Trinajstić information content (AvgIpc) is 2.58. The summed E-state index contributed by atoms with van der Waals surface area (Å²) >= 11 is 0. The van der Waals surface area contributed by atoms with E-state index in [1.165, 1.54) is 5.56 Å². The van der Waals surface area contributed by atoms with Crippen LogP contribution in [0.1, 0.15) is 34.8 Å². The van der Waals surface area contributed by atoms with E-state index in [0.29, 0.717) is 12.2 Å². The SMILES string of the molecule is CCc1cccc(C(=O)OCCCNCc2ccccc2)c1. The van der Waals surface area contributed by atoms with Crippen LogP contribution >= 0.6 is 0 Å². The fourth-order valence-electron chi connectivity index (χ4n) is 2.19. The Bertz CT molecular complexity index is 581. The molecule has 1 N–H and O–H groups in total. The topological polar surface area (TPSA) is 38.3 Å². The number of carbonyl (C=O) groups is 1. The van der Waals surface area contributed by atoms with Crippen LogP contribution in [-0.4, -0.2) is 19.1 Å². The monoisotopic (exact) mass is 297 g/mol. The van der Waals surface area contributed by atoms with E-state index < -0.39 is 0 Å². The van der Waals surface area contributed by atoms with Crippen molar-refractivity contribution >= 4 is 5.97 Å². The van der Waals surface area contributed by atoms with Gasteiger partial charge in [0.2, 0.25) is 0 Å². The van der Waals surface area contributed by atoms with E-state index in [0.717, 1.165) is 31.5 Å². The number of rotatable bonds is 8. The minimum absolute atomic E-state index is 0.238. The number of aryl methyl sites for hydroxylation is 1. The third-order valence-corrected chi connectivity index (χ3v) is 3.47. The van der Waals surface area contributed by atoms with E-state index in [-0.39, 0.29) is 5.97 Å². The second kappa shape index (κ2) is 9.00. The first kappa shape index (κ1) is 16.2. The Balaban J connectivity index is 1.63. The lowest BCUT2D eigenvalue weighted by Gasteiger charge is -2.07. The van der Waals surface area contributed by atoms with Gasteiger partial charge in [0.05, 0.1) is 12.2 Å². The van der Waals surface area contributed by atoms with Crippen molar-refractivity contribution in [2.75, 3.05) is 13.2 Å². The molecule has 0 aliphatic carbocycles. The van der Waals surface area contributed by atoms with Crippen LogP contribution in [-0.2, 0) is 17.7 Å². The molecule has 0 bridgehead atoms. The first-order valence-corrected chi connectivity index (χ1v) is 7.80. The summed E-state index contributed by atoms with van der Waals surface area (Å²) < 4.78 is 5.30. The van der Waals surface area contributed by atoms with Crippen molar-refractivity contribution in [1.29, 1.82) is 0 Å². The normalized spacial score (nSPS) is 10.4. The van der Waals surface area contributed by atoms with Gasteiger partial charge in [-0.1, -0.05) is 49.4 Å². The maximum atomic E-state index is 11.9. The standard InChI is InChI=1S/C19H23NO2/c1-2-16-10-6-11-18(14-16)19(21)22-13-7-12-20-15-17-8-4-3-5-9-17/h3-6,8-11,14,20H,2,7,12-13,15H2,1H3. The number of ether oxygens (including phenoxy) is 1.